The molecule has 8 nitrogen and oxygen atoms in total. The molecule has 0 saturated carbocycles. The van der Waals surface area contributed by atoms with Gasteiger partial charge in [-0.15, -0.1) is 4.52 Å². The predicted molar refractivity (Wildman–Crippen MR) is 104 cm³/mol. The third kappa shape index (κ3) is 5.21. The van der Waals surface area contributed by atoms with Gasteiger partial charge in [0.15, 0.2) is 0 Å². The van der Waals surface area contributed by atoms with Gasteiger partial charge in [0.1, 0.15) is 13.2 Å². The zero-order valence-electron chi connectivity index (χ0n) is 15.2. The Morgan fingerprint density at radius 1 is 1.11 bits per heavy atom. The van der Waals surface area contributed by atoms with Crippen molar-refractivity contribution in [2.45, 2.75) is 12.8 Å². The molecule has 1 unspecified atom stereocenters. The highest BCUT2D eigenvalue weighted by Crippen LogP contribution is 2.31. The minimum Gasteiger partial charge on any atom is -0.322 e. The minimum absolute atomic E-state index is 0.210. The summed E-state index contributed by atoms with van der Waals surface area (Å²) < 4.78 is 18.5. The van der Waals surface area contributed by atoms with Gasteiger partial charge in [0.25, 0.3) is 11.8 Å². The molecular formula is C19H21N3O5P+. The number of benzene rings is 2. The van der Waals surface area contributed by atoms with Crippen LogP contribution in [0.25, 0.3) is 0 Å². The molecule has 2 aromatic carbocycles. The molecule has 2 amide bonds. The maximum Gasteiger partial charge on any atom is 0.616 e. The van der Waals surface area contributed by atoms with E-state index in [1.807, 2.05) is 6.07 Å². The quantitative estimate of drug-likeness (QED) is 0.452. The molecule has 1 aliphatic rings. The van der Waals surface area contributed by atoms with E-state index >= 15 is 0 Å². The third-order valence-electron chi connectivity index (χ3n) is 4.20. The number of hydrogen-bond acceptors (Lipinski definition) is 5. The molecule has 1 fully saturated rings. The maximum absolute atomic E-state index is 12.3. The Balaban J connectivity index is 1.59. The summed E-state index contributed by atoms with van der Waals surface area (Å²) in [5.74, 6) is -0.870. The van der Waals surface area contributed by atoms with Crippen LogP contribution in [0.4, 0.5) is 11.4 Å². The molecule has 1 atom stereocenters. The first-order valence-corrected chi connectivity index (χ1v) is 10.0. The lowest BCUT2D eigenvalue weighted by atomic mass is 10.2. The van der Waals surface area contributed by atoms with E-state index in [9.17, 15) is 19.4 Å². The van der Waals surface area contributed by atoms with Crippen LogP contribution < -0.4 is 10.4 Å². The van der Waals surface area contributed by atoms with E-state index in [4.69, 9.17) is 4.52 Å². The van der Waals surface area contributed by atoms with Crippen molar-refractivity contribution < 1.29 is 23.9 Å². The number of hydroxylamine groups is 1. The van der Waals surface area contributed by atoms with Crippen molar-refractivity contribution in [3.63, 3.8) is 0 Å². The van der Waals surface area contributed by atoms with E-state index in [2.05, 4.69) is 5.32 Å². The Bertz CT molecular complexity index is 844. The van der Waals surface area contributed by atoms with Gasteiger partial charge in [0.2, 0.25) is 0 Å². The van der Waals surface area contributed by atoms with Crippen molar-refractivity contribution in [3.05, 3.63) is 60.2 Å². The van der Waals surface area contributed by atoms with Crippen molar-refractivity contribution in [1.82, 2.24) is 4.67 Å². The second-order valence-corrected chi connectivity index (χ2v) is 7.54. The Labute approximate surface area is 163 Å². The highest BCUT2D eigenvalue weighted by Gasteiger charge is 2.35. The van der Waals surface area contributed by atoms with Crippen LogP contribution in [0.3, 0.4) is 0 Å². The van der Waals surface area contributed by atoms with Crippen LogP contribution in [-0.4, -0.2) is 41.4 Å². The summed E-state index contributed by atoms with van der Waals surface area (Å²) in [6, 6.07) is 15.0. The number of nitrogens with one attached hydrogen (secondary N) is 1. The van der Waals surface area contributed by atoms with Gasteiger partial charge in [-0.1, -0.05) is 22.9 Å². The van der Waals surface area contributed by atoms with Crippen LogP contribution >= 0.6 is 8.18 Å². The minimum atomic E-state index is -2.07. The number of amides is 2. The summed E-state index contributed by atoms with van der Waals surface area (Å²) >= 11 is 0. The Kier molecular flexibility index (Phi) is 6.84. The van der Waals surface area contributed by atoms with Crippen LogP contribution in [0.15, 0.2) is 54.6 Å². The average Bonchev–Trinajstić information content (AvgIpc) is 2.93. The van der Waals surface area contributed by atoms with Crippen molar-refractivity contribution in [3.8, 4) is 0 Å². The fourth-order valence-electron chi connectivity index (χ4n) is 2.68. The number of hydrogen-bond donors (Lipinski definition) is 2. The molecule has 0 aromatic heterocycles. The number of anilines is 2. The first-order chi connectivity index (χ1) is 13.5. The number of rotatable bonds is 5. The number of carbonyl (C=O) groups is 2. The summed E-state index contributed by atoms with van der Waals surface area (Å²) in [6.45, 7) is 0.663. The molecule has 0 spiro atoms. The monoisotopic (exact) mass is 402 g/mol. The van der Waals surface area contributed by atoms with Gasteiger partial charge in [0.05, 0.1) is 5.69 Å². The van der Waals surface area contributed by atoms with E-state index in [-0.39, 0.29) is 18.1 Å². The summed E-state index contributed by atoms with van der Waals surface area (Å²) in [4.78, 5) is 24.4. The van der Waals surface area contributed by atoms with Crippen LogP contribution in [0, 0.1) is 0 Å². The molecule has 3 rings (SSSR count). The van der Waals surface area contributed by atoms with Gasteiger partial charge in [0, 0.05) is 17.8 Å². The molecule has 28 heavy (non-hydrogen) atoms. The van der Waals surface area contributed by atoms with Crippen LogP contribution in [0.5, 0.6) is 0 Å². The molecule has 2 aromatic rings. The lowest BCUT2D eigenvalue weighted by molar-refractivity contribution is -0.123. The van der Waals surface area contributed by atoms with E-state index in [1.54, 1.807) is 36.4 Å². The Hall–Kier alpha value is -2.64. The smallest absolute Gasteiger partial charge is 0.322 e. The molecule has 0 aliphatic carbocycles. The Morgan fingerprint density at radius 3 is 2.54 bits per heavy atom. The second-order valence-electron chi connectivity index (χ2n) is 6.24. The second kappa shape index (κ2) is 9.52. The van der Waals surface area contributed by atoms with E-state index in [0.717, 1.165) is 12.8 Å². The summed E-state index contributed by atoms with van der Waals surface area (Å²) in [7, 11) is -2.07. The van der Waals surface area contributed by atoms with Crippen molar-refractivity contribution in [1.29, 1.82) is 0 Å². The molecule has 1 saturated heterocycles. The molecule has 0 radical (unpaired) electrons. The highest BCUT2D eigenvalue weighted by atomic mass is 31.1. The fourth-order valence-corrected chi connectivity index (χ4v) is 3.67. The SMILES string of the molecule is O=C(Nc1ccc(N(O)C(=O)CN2CCCCO[P+]2=O)cc1)c1ccccc1. The Morgan fingerprint density at radius 2 is 1.82 bits per heavy atom. The van der Waals surface area contributed by atoms with Gasteiger partial charge < -0.3 is 5.32 Å². The number of carbonyl (C=O) groups excluding carboxylic acids is 2. The molecule has 9 heteroatoms. The van der Waals surface area contributed by atoms with Crippen molar-refractivity contribution >= 4 is 31.4 Å². The number of nitrogens with zero attached hydrogens (tertiary/aromatic N) is 2. The predicted octanol–water partition coefficient (Wildman–Crippen LogP) is 3.43. The first kappa shape index (κ1) is 20.1. The summed E-state index contributed by atoms with van der Waals surface area (Å²) in [5.41, 5.74) is 1.30. The normalized spacial score (nSPS) is 16.2. The van der Waals surface area contributed by atoms with E-state index in [0.29, 0.717) is 29.5 Å². The first-order valence-electron chi connectivity index (χ1n) is 8.88. The molecule has 1 heterocycles. The van der Waals surface area contributed by atoms with Gasteiger partial charge in [-0.3, -0.25) is 14.8 Å². The van der Waals surface area contributed by atoms with E-state index < -0.39 is 14.1 Å². The lowest BCUT2D eigenvalue weighted by Gasteiger charge is -2.16. The van der Waals surface area contributed by atoms with Crippen LogP contribution in [-0.2, 0) is 13.9 Å². The summed E-state index contributed by atoms with van der Waals surface area (Å²) in [6.07, 6.45) is 1.56. The lowest BCUT2D eigenvalue weighted by Crippen LogP contribution is -2.36. The average molecular weight is 402 g/mol. The van der Waals surface area contributed by atoms with E-state index in [1.165, 1.54) is 16.8 Å². The maximum atomic E-state index is 12.3. The largest absolute Gasteiger partial charge is 0.616 e. The van der Waals surface area contributed by atoms with Gasteiger partial charge in [-0.25, -0.2) is 0 Å². The zero-order valence-corrected chi connectivity index (χ0v) is 16.0. The molecule has 146 valence electrons. The molecule has 2 N–H and O–H groups in total. The van der Waals surface area contributed by atoms with Crippen LogP contribution in [0.2, 0.25) is 0 Å². The standard InChI is InChI=1S/C19H20N3O5P/c23-18(14-21-12-4-5-13-27-28(21)26)22(25)17-10-8-16(9-11-17)20-19(24)15-6-2-1-3-7-15/h1-3,6-11,25H,4-5,12-14H2/p+1. The zero-order chi connectivity index (χ0) is 19.9. The van der Waals surface area contributed by atoms with Gasteiger partial charge in [-0.05, 0) is 53.8 Å². The molecular weight excluding hydrogens is 381 g/mol. The van der Waals surface area contributed by atoms with Gasteiger partial charge >= 0.3 is 8.18 Å². The molecule has 0 bridgehead atoms. The highest BCUT2D eigenvalue weighted by molar-refractivity contribution is 7.36. The third-order valence-corrected chi connectivity index (χ3v) is 5.41. The fraction of sp³-hybridized carbons (Fsp3) is 0.263. The summed E-state index contributed by atoms with van der Waals surface area (Å²) in [5, 5.41) is 13.4. The van der Waals surface area contributed by atoms with Gasteiger partial charge in [-0.2, -0.15) is 5.06 Å². The van der Waals surface area contributed by atoms with Crippen molar-refractivity contribution in [2.75, 3.05) is 30.1 Å². The topological polar surface area (TPSA) is 99.2 Å². The van der Waals surface area contributed by atoms with Crippen LogP contribution in [0.1, 0.15) is 23.2 Å². The van der Waals surface area contributed by atoms with Crippen molar-refractivity contribution in [2.24, 2.45) is 0 Å². The molecule has 1 aliphatic heterocycles.